The van der Waals surface area contributed by atoms with Gasteiger partial charge in [0.25, 0.3) is 0 Å². The average molecular weight is 737 g/mol. The number of aliphatic hydroxyl groups excluding tert-OH is 1. The van der Waals surface area contributed by atoms with Gasteiger partial charge in [-0.1, -0.05) is 82.3 Å². The lowest BCUT2D eigenvalue weighted by Gasteiger charge is -2.39. The Morgan fingerprint density at radius 2 is 1.43 bits per heavy atom. The third-order valence-electron chi connectivity index (χ3n) is 9.82. The topological polar surface area (TPSA) is 151 Å². The summed E-state index contributed by atoms with van der Waals surface area (Å²) >= 11 is 0. The van der Waals surface area contributed by atoms with E-state index in [0.717, 1.165) is 12.8 Å². The van der Waals surface area contributed by atoms with Gasteiger partial charge in [-0.25, -0.2) is 0 Å². The van der Waals surface area contributed by atoms with E-state index in [1.807, 2.05) is 4.90 Å². The predicted octanol–water partition coefficient (Wildman–Crippen LogP) is 6.75. The molecule has 288 valence electrons. The molecule has 2 aliphatic rings. The Bertz CT molecular complexity index is 1820. The number of aliphatic carboxylic acids is 1. The smallest absolute Gasteiger partial charge is 0.314 e. The largest absolute Gasteiger partial charge is 0.481 e. The highest BCUT2D eigenvalue weighted by Gasteiger charge is 2.33. The number of aryl methyl sites for hydroxylation is 1. The van der Waals surface area contributed by atoms with E-state index in [1.54, 1.807) is 0 Å². The summed E-state index contributed by atoms with van der Waals surface area (Å²) in [5, 5.41) is 19.8. The molecule has 2 saturated heterocycles. The number of hydrogen-bond acceptors (Lipinski definition) is 9. The van der Waals surface area contributed by atoms with Crippen molar-refractivity contribution in [3.63, 3.8) is 0 Å². The Balaban J connectivity index is 0.000000396. The summed E-state index contributed by atoms with van der Waals surface area (Å²) in [6.45, 7) is 11.4. The number of carbonyl (C=O) groups excluding carboxylic acids is 4. The molecular formula is C42H56N2O9. The van der Waals surface area contributed by atoms with E-state index in [2.05, 4.69) is 90.1 Å². The number of nitrogens with zero attached hydrogens (tertiary/aromatic N) is 2. The molecule has 0 aromatic heterocycles. The number of carboxylic acid groups (broad SMARTS) is 1. The normalized spacial score (nSPS) is 15.4. The lowest BCUT2D eigenvalue weighted by Crippen LogP contribution is -2.44. The minimum absolute atomic E-state index is 0.103. The summed E-state index contributed by atoms with van der Waals surface area (Å²) in [7, 11) is 1.29. The highest BCUT2D eigenvalue weighted by atomic mass is 16.6. The molecule has 0 spiro atoms. The van der Waals surface area contributed by atoms with E-state index >= 15 is 0 Å². The van der Waals surface area contributed by atoms with E-state index in [-0.39, 0.29) is 45.1 Å². The molecule has 53 heavy (non-hydrogen) atoms. The van der Waals surface area contributed by atoms with Crippen LogP contribution in [0.1, 0.15) is 86.0 Å². The quantitative estimate of drug-likeness (QED) is 0.0908. The minimum Gasteiger partial charge on any atom is -0.481 e. The van der Waals surface area contributed by atoms with E-state index < -0.39 is 29.3 Å². The van der Waals surface area contributed by atoms with Gasteiger partial charge in [0.2, 0.25) is 7.34 Å². The maximum absolute atomic E-state index is 13.0. The first-order chi connectivity index (χ1) is 26.4. The van der Waals surface area contributed by atoms with Crippen LogP contribution in [-0.2, 0) is 39.9 Å². The molecule has 0 radical (unpaired) electrons. The van der Waals surface area contributed by atoms with Crippen molar-refractivity contribution in [2.45, 2.75) is 85.5 Å². The number of carbonyl (C=O) groups is 5. The van der Waals surface area contributed by atoms with E-state index in [0.29, 0.717) is 32.4 Å². The van der Waals surface area contributed by atoms with Crippen molar-refractivity contribution >= 4 is 62.1 Å². The maximum atomic E-state index is 13.0. The van der Waals surface area contributed by atoms with Gasteiger partial charge in [-0.2, -0.15) is 0 Å². The number of esters is 3. The second-order valence-corrected chi connectivity index (χ2v) is 13.3. The van der Waals surface area contributed by atoms with Crippen molar-refractivity contribution in [3.8, 4) is 0 Å². The fourth-order valence-corrected chi connectivity index (χ4v) is 6.60. The van der Waals surface area contributed by atoms with E-state index in [1.165, 1.54) is 64.6 Å². The molecule has 2 aliphatic heterocycles. The van der Waals surface area contributed by atoms with Crippen molar-refractivity contribution in [2.75, 3.05) is 46.4 Å². The highest BCUT2D eigenvalue weighted by molar-refractivity contribution is 6.23. The Morgan fingerprint density at radius 1 is 0.868 bits per heavy atom. The first-order valence-electron chi connectivity index (χ1n) is 19.6. The molecule has 11 heteroatoms. The number of amides is 1. The Hall–Kier alpha value is -4.61. The number of likely N-dealkylation sites (tertiary alicyclic amines) is 1. The van der Waals surface area contributed by atoms with Crippen molar-refractivity contribution < 1.29 is 45.0 Å². The van der Waals surface area contributed by atoms with Crippen LogP contribution in [0, 0.1) is 5.41 Å². The van der Waals surface area contributed by atoms with Crippen LogP contribution in [0.25, 0.3) is 32.3 Å². The van der Waals surface area contributed by atoms with E-state index in [4.69, 9.17) is 12.6 Å². The second kappa shape index (κ2) is 21.2. The summed E-state index contributed by atoms with van der Waals surface area (Å²) < 4.78 is 23.1. The zero-order valence-electron chi connectivity index (χ0n) is 33.6. The third-order valence-corrected chi connectivity index (χ3v) is 9.82. The standard InChI is InChI=1S/C31H33NO5.C6H15N.C4H4O3.CH4O/c1-31(20-37-28(36)15-14-27(34)35)16-18-32(19-17-31)26(33)7-3-4-21-8-9-24-11-10-22-5-2-6-23-12-13-25(21)30(24)29(22)23;1-4-7(5-2)6-3;5-3-1-2-4(6)7-3;1-2/h2,5-6,8-13H,3-4,7,14-20H2,1H3,(H,34,35);4-6H2,1-3H3;1-2H2;2H,1H3/i1T;;;2T. The molecule has 2 fully saturated rings. The molecule has 0 atom stereocenters. The molecule has 1 amide bonds. The first kappa shape index (κ1) is 39.6. The number of carboxylic acids is 1. The molecule has 2 heterocycles. The van der Waals surface area contributed by atoms with Gasteiger partial charge in [0.1, 0.15) is 0 Å². The minimum atomic E-state index is -1.04. The Kier molecular flexibility index (Phi) is 15.8. The zero-order valence-corrected chi connectivity index (χ0v) is 31.6. The number of rotatable bonds is 12. The van der Waals surface area contributed by atoms with Gasteiger partial charge in [-0.15, -0.1) is 0 Å². The molecule has 0 saturated carbocycles. The average Bonchev–Trinajstić information content (AvgIpc) is 3.59. The molecule has 0 unspecified atom stereocenters. The third kappa shape index (κ3) is 12.5. The van der Waals surface area contributed by atoms with Crippen LogP contribution in [0.2, 0.25) is 0 Å². The number of benzene rings is 4. The van der Waals surface area contributed by atoms with Gasteiger partial charge in [0, 0.05) is 33.4 Å². The van der Waals surface area contributed by atoms with Gasteiger partial charge < -0.3 is 29.5 Å². The molecule has 2 N–H and O–H groups in total. The summed E-state index contributed by atoms with van der Waals surface area (Å²) in [5.41, 5.74) is 0.789. The van der Waals surface area contributed by atoms with Crippen LogP contribution in [0.4, 0.5) is 0 Å². The van der Waals surface area contributed by atoms with Crippen LogP contribution >= 0.6 is 0 Å². The second-order valence-electron chi connectivity index (χ2n) is 13.3. The predicted molar refractivity (Wildman–Crippen MR) is 207 cm³/mol. The van der Waals surface area contributed by atoms with Crippen LogP contribution < -0.4 is 0 Å². The van der Waals surface area contributed by atoms with Gasteiger partial charge >= 0.3 is 23.9 Å². The number of piperidine rings is 1. The molecule has 6 rings (SSSR count). The van der Waals surface area contributed by atoms with Crippen LogP contribution in [-0.4, -0.2) is 97.7 Å². The molecule has 0 bridgehead atoms. The maximum Gasteiger partial charge on any atom is 0.314 e. The lowest BCUT2D eigenvalue weighted by atomic mass is 9.81. The number of ether oxygens (including phenoxy) is 2. The van der Waals surface area contributed by atoms with Crippen LogP contribution in [0.15, 0.2) is 54.6 Å². The number of cyclic esters (lactones) is 2. The monoisotopic (exact) mass is 736 g/mol. The lowest BCUT2D eigenvalue weighted by molar-refractivity contribution is -0.152. The Morgan fingerprint density at radius 3 is 1.94 bits per heavy atom. The fraction of sp³-hybridized carbons (Fsp3) is 0.500. The molecule has 0 aliphatic carbocycles. The summed E-state index contributed by atoms with van der Waals surface area (Å²) in [6, 6.07) is 19.5. The zero-order chi connectivity index (χ0) is 40.4. The van der Waals surface area contributed by atoms with Crippen molar-refractivity contribution in [3.05, 3.63) is 60.2 Å². The van der Waals surface area contributed by atoms with Crippen LogP contribution in [0.5, 0.6) is 0 Å². The van der Waals surface area contributed by atoms with Gasteiger partial charge in [0.15, 0.2) is 0 Å². The summed E-state index contributed by atoms with van der Waals surface area (Å²) in [4.78, 5) is 59.7. The first-order valence-corrected chi connectivity index (χ1v) is 18.5. The molecular weight excluding hydrogens is 676 g/mol. The molecule has 4 aromatic carbocycles. The number of aliphatic hydroxyl groups is 1. The Labute approximate surface area is 315 Å². The summed E-state index contributed by atoms with van der Waals surface area (Å²) in [6.07, 6.45) is 3.37. The fourth-order valence-electron chi connectivity index (χ4n) is 6.60. The molecule has 4 aromatic rings. The van der Waals surface area contributed by atoms with Gasteiger partial charge in [-0.05, 0) is 83.2 Å². The SMILES string of the molecule is CCN(CC)CC.O=C1CCC(=O)O1.[3H]CC1(COC(=O)CCC(=O)O)CCN(C(=O)CCCc2ccc3ccc4cccc5ccc2c3c45)CC1.[3H]OC. The highest BCUT2D eigenvalue weighted by Crippen LogP contribution is 2.36. The van der Waals surface area contributed by atoms with Gasteiger partial charge in [-0.3, -0.25) is 24.0 Å². The summed E-state index contributed by atoms with van der Waals surface area (Å²) in [5.74, 6) is -2.26. The van der Waals surface area contributed by atoms with Gasteiger partial charge in [0.05, 0.1) is 32.3 Å². The van der Waals surface area contributed by atoms with Crippen molar-refractivity contribution in [1.29, 1.82) is 1.43 Å². The van der Waals surface area contributed by atoms with Crippen molar-refractivity contribution in [2.24, 2.45) is 5.41 Å². The van der Waals surface area contributed by atoms with Crippen molar-refractivity contribution in [1.82, 2.24) is 9.80 Å². The molecule has 11 nitrogen and oxygen atoms in total. The van der Waals surface area contributed by atoms with Crippen LogP contribution in [0.3, 0.4) is 0 Å². The van der Waals surface area contributed by atoms with E-state index in [9.17, 15) is 24.0 Å². The number of hydrogen-bond donors (Lipinski definition) is 2.